The van der Waals surface area contributed by atoms with Crippen LogP contribution < -0.4 is 15.4 Å². The number of amides is 2. The van der Waals surface area contributed by atoms with Gasteiger partial charge < -0.3 is 15.4 Å². The molecule has 0 aliphatic heterocycles. The number of thiazole rings is 1. The first-order chi connectivity index (χ1) is 15.8. The van der Waals surface area contributed by atoms with Gasteiger partial charge in [-0.15, -0.1) is 11.3 Å². The van der Waals surface area contributed by atoms with Crippen molar-refractivity contribution in [2.75, 3.05) is 6.61 Å². The van der Waals surface area contributed by atoms with Crippen LogP contribution in [-0.2, 0) is 4.79 Å². The van der Waals surface area contributed by atoms with Gasteiger partial charge in [0.15, 0.2) is 6.61 Å². The molecule has 2 N–H and O–H groups in total. The molecule has 0 spiro atoms. The SMILES string of the molecule is CC1CC2(NC(=O)c3csc(C4CC4)n3)CCC1(NC(=O)COc1ccc(Cl)c(F)c1)CC2. The van der Waals surface area contributed by atoms with E-state index in [2.05, 4.69) is 22.5 Å². The Kier molecular flexibility index (Phi) is 5.85. The van der Waals surface area contributed by atoms with Gasteiger partial charge in [-0.25, -0.2) is 9.37 Å². The van der Waals surface area contributed by atoms with Gasteiger partial charge in [0.25, 0.3) is 11.8 Å². The third-order valence-corrected chi connectivity index (χ3v) is 8.76. The maximum atomic E-state index is 13.6. The molecule has 4 fully saturated rings. The molecule has 1 unspecified atom stereocenters. The van der Waals surface area contributed by atoms with Crippen molar-refractivity contribution < 1.29 is 18.7 Å². The molecule has 1 aromatic carbocycles. The zero-order chi connectivity index (χ0) is 23.2. The Labute approximate surface area is 201 Å². The third kappa shape index (κ3) is 4.60. The van der Waals surface area contributed by atoms with E-state index in [1.807, 2.05) is 5.38 Å². The number of hydrogen-bond donors (Lipinski definition) is 2. The van der Waals surface area contributed by atoms with Crippen molar-refractivity contribution in [3.8, 4) is 5.75 Å². The number of hydrogen-bond acceptors (Lipinski definition) is 5. The van der Waals surface area contributed by atoms with Gasteiger partial charge in [0.2, 0.25) is 0 Å². The van der Waals surface area contributed by atoms with E-state index in [9.17, 15) is 14.0 Å². The Hall–Kier alpha value is -2.19. The molecule has 4 saturated carbocycles. The maximum absolute atomic E-state index is 13.6. The average molecular weight is 492 g/mol. The lowest BCUT2D eigenvalue weighted by molar-refractivity contribution is -0.128. The van der Waals surface area contributed by atoms with E-state index in [1.165, 1.54) is 31.0 Å². The minimum atomic E-state index is -0.582. The topological polar surface area (TPSA) is 80.3 Å². The van der Waals surface area contributed by atoms with Gasteiger partial charge in [-0.2, -0.15) is 0 Å². The lowest BCUT2D eigenvalue weighted by Gasteiger charge is -2.57. The second-order valence-electron chi connectivity index (χ2n) is 9.75. The molecule has 1 atom stereocenters. The fourth-order valence-corrected chi connectivity index (χ4v) is 6.41. The third-order valence-electron chi connectivity index (χ3n) is 7.45. The molecular weight excluding hydrogens is 465 g/mol. The van der Waals surface area contributed by atoms with Crippen LogP contribution in [0.4, 0.5) is 4.39 Å². The molecule has 2 amide bonds. The first-order valence-electron chi connectivity index (χ1n) is 11.4. The van der Waals surface area contributed by atoms with Crippen molar-refractivity contribution in [3.05, 3.63) is 45.1 Å². The van der Waals surface area contributed by atoms with Crippen molar-refractivity contribution in [1.82, 2.24) is 15.6 Å². The highest BCUT2D eigenvalue weighted by molar-refractivity contribution is 7.10. The second-order valence-corrected chi connectivity index (χ2v) is 11.1. The average Bonchev–Trinajstić information content (AvgIpc) is 3.52. The highest BCUT2D eigenvalue weighted by atomic mass is 35.5. The molecule has 6 rings (SSSR count). The van der Waals surface area contributed by atoms with Crippen molar-refractivity contribution in [2.24, 2.45) is 5.92 Å². The molecule has 176 valence electrons. The number of carbonyl (C=O) groups is 2. The van der Waals surface area contributed by atoms with Gasteiger partial charge in [0.1, 0.15) is 17.3 Å². The van der Waals surface area contributed by atoms with Crippen LogP contribution in [0.25, 0.3) is 0 Å². The fourth-order valence-electron chi connectivity index (χ4n) is 5.32. The smallest absolute Gasteiger partial charge is 0.271 e. The highest BCUT2D eigenvalue weighted by Crippen LogP contribution is 2.50. The zero-order valence-electron chi connectivity index (χ0n) is 18.5. The zero-order valence-corrected chi connectivity index (χ0v) is 20.0. The number of fused-ring (bicyclic) bond motifs is 3. The van der Waals surface area contributed by atoms with E-state index in [-0.39, 0.29) is 46.2 Å². The largest absolute Gasteiger partial charge is 0.484 e. The summed E-state index contributed by atoms with van der Waals surface area (Å²) in [5.41, 5.74) is -0.0304. The summed E-state index contributed by atoms with van der Waals surface area (Å²) >= 11 is 7.26. The van der Waals surface area contributed by atoms with Gasteiger partial charge in [-0.3, -0.25) is 9.59 Å². The minimum Gasteiger partial charge on any atom is -0.484 e. The Balaban J connectivity index is 1.17. The van der Waals surface area contributed by atoms with Gasteiger partial charge in [0, 0.05) is 28.4 Å². The van der Waals surface area contributed by atoms with E-state index >= 15 is 0 Å². The van der Waals surface area contributed by atoms with Crippen LogP contribution in [0, 0.1) is 11.7 Å². The van der Waals surface area contributed by atoms with Crippen LogP contribution >= 0.6 is 22.9 Å². The summed E-state index contributed by atoms with van der Waals surface area (Å²) in [6, 6.07) is 4.11. The van der Waals surface area contributed by atoms with Gasteiger partial charge in [-0.05, 0) is 63.0 Å². The molecule has 4 aliphatic carbocycles. The number of nitrogens with zero attached hydrogens (tertiary/aromatic N) is 1. The first-order valence-corrected chi connectivity index (χ1v) is 12.7. The van der Waals surface area contributed by atoms with E-state index in [4.69, 9.17) is 16.3 Å². The van der Waals surface area contributed by atoms with Crippen LogP contribution in [0.1, 0.15) is 73.3 Å². The quantitative estimate of drug-likeness (QED) is 0.581. The summed E-state index contributed by atoms with van der Waals surface area (Å²) in [6.45, 7) is 1.94. The summed E-state index contributed by atoms with van der Waals surface area (Å²) < 4.78 is 19.0. The summed E-state index contributed by atoms with van der Waals surface area (Å²) in [6.07, 6.45) is 6.36. The Morgan fingerprint density at radius 3 is 2.67 bits per heavy atom. The summed E-state index contributed by atoms with van der Waals surface area (Å²) in [4.78, 5) is 30.1. The van der Waals surface area contributed by atoms with E-state index in [1.54, 1.807) is 11.3 Å². The molecule has 2 aromatic rings. The van der Waals surface area contributed by atoms with E-state index in [0.717, 1.165) is 37.1 Å². The number of carbonyl (C=O) groups excluding carboxylic acids is 2. The van der Waals surface area contributed by atoms with Gasteiger partial charge in [0.05, 0.1) is 10.0 Å². The number of ether oxygens (including phenoxy) is 1. The van der Waals surface area contributed by atoms with Crippen molar-refractivity contribution in [2.45, 2.75) is 68.9 Å². The van der Waals surface area contributed by atoms with Crippen molar-refractivity contribution in [3.63, 3.8) is 0 Å². The van der Waals surface area contributed by atoms with Crippen molar-refractivity contribution in [1.29, 1.82) is 0 Å². The van der Waals surface area contributed by atoms with Crippen LogP contribution in [0.15, 0.2) is 23.6 Å². The molecule has 0 radical (unpaired) electrons. The standard InChI is InChI=1S/C24H27ClFN3O3S/c1-14-11-23(29-21(31)19-13-33-22(27-19)15-2-3-15)6-8-24(14,9-7-23)28-20(30)12-32-16-4-5-17(25)18(26)10-16/h4-5,10,13-15H,2-3,6-9,11-12H2,1H3,(H,28,30)(H,29,31). The maximum Gasteiger partial charge on any atom is 0.271 e. The normalized spacial score (nSPS) is 28.4. The number of benzene rings is 1. The minimum absolute atomic E-state index is 0.0117. The van der Waals surface area contributed by atoms with Gasteiger partial charge in [-0.1, -0.05) is 18.5 Å². The summed E-state index contributed by atoms with van der Waals surface area (Å²) in [5, 5.41) is 9.42. The molecule has 1 heterocycles. The van der Waals surface area contributed by atoms with Crippen LogP contribution in [0.5, 0.6) is 5.75 Å². The number of nitrogens with one attached hydrogen (secondary N) is 2. The number of aromatic nitrogens is 1. The molecule has 4 aliphatic rings. The first kappa shape index (κ1) is 22.6. The Morgan fingerprint density at radius 2 is 2.00 bits per heavy atom. The summed E-state index contributed by atoms with van der Waals surface area (Å²) in [7, 11) is 0. The predicted octanol–water partition coefficient (Wildman–Crippen LogP) is 4.83. The molecule has 9 heteroatoms. The van der Waals surface area contributed by atoms with Crippen molar-refractivity contribution >= 4 is 34.8 Å². The second kappa shape index (κ2) is 8.55. The highest BCUT2D eigenvalue weighted by Gasteiger charge is 2.54. The molecule has 1 aromatic heterocycles. The lowest BCUT2D eigenvalue weighted by atomic mass is 9.56. The number of rotatable bonds is 7. The molecule has 0 saturated heterocycles. The van der Waals surface area contributed by atoms with Crippen LogP contribution in [0.2, 0.25) is 5.02 Å². The molecular formula is C24H27ClFN3O3S. The molecule has 2 bridgehead atoms. The van der Waals surface area contributed by atoms with E-state index < -0.39 is 5.82 Å². The molecule has 6 nitrogen and oxygen atoms in total. The monoisotopic (exact) mass is 491 g/mol. The fraction of sp³-hybridized carbons (Fsp3) is 0.542. The number of halogens is 2. The predicted molar refractivity (Wildman–Crippen MR) is 124 cm³/mol. The Morgan fingerprint density at radius 1 is 1.24 bits per heavy atom. The van der Waals surface area contributed by atoms with Crippen LogP contribution in [-0.4, -0.2) is 34.5 Å². The van der Waals surface area contributed by atoms with Crippen LogP contribution in [0.3, 0.4) is 0 Å². The molecule has 33 heavy (non-hydrogen) atoms. The lowest BCUT2D eigenvalue weighted by Crippen LogP contribution is -2.67. The van der Waals surface area contributed by atoms with E-state index in [0.29, 0.717) is 11.6 Å². The van der Waals surface area contributed by atoms with Gasteiger partial charge >= 0.3 is 0 Å². The summed E-state index contributed by atoms with van der Waals surface area (Å²) in [5.74, 6) is 0.110. The Bertz CT molecular complexity index is 1080.